The lowest BCUT2D eigenvalue weighted by atomic mass is 9.55. The van der Waals surface area contributed by atoms with Gasteiger partial charge in [-0.2, -0.15) is 22.0 Å². The number of benzene rings is 1. The maximum atomic E-state index is 12.9. The Bertz CT molecular complexity index is 906. The molecule has 2 saturated carbocycles. The molecular formula is C26H31F5O2. The molecule has 2 fully saturated rings. The Balaban J connectivity index is 1.27. The standard InChI is InChI=1S/C26H31F5O2/c1-24-14-12-20-19-9-7-18(16-17(19)6-8-21(20)22(24)10-11-23(24)32)33-15-5-3-2-4-13-25(27,28)26(29,30)31/h2,4,7,9,16,20-22H,3,5-6,8,10-15H2,1H3/b4-2+/t20-,21-,22+,24+/m1/s1. The third-order valence-corrected chi connectivity index (χ3v) is 8.15. The second-order valence-electron chi connectivity index (χ2n) is 10.1. The molecule has 2 nitrogen and oxygen atoms in total. The highest BCUT2D eigenvalue weighted by Gasteiger charge is 2.56. The molecule has 33 heavy (non-hydrogen) atoms. The third-order valence-electron chi connectivity index (χ3n) is 8.15. The van der Waals surface area contributed by atoms with E-state index in [2.05, 4.69) is 19.1 Å². The van der Waals surface area contributed by atoms with E-state index < -0.39 is 18.5 Å². The summed E-state index contributed by atoms with van der Waals surface area (Å²) in [5, 5.41) is 0. The SMILES string of the molecule is C[C@]12CC[C@@H]3c4ccc(OCCC/C=C/CC(F)(F)C(F)(F)F)cc4CC[C@H]3[C@@H]1CCC2=O. The second-order valence-corrected chi connectivity index (χ2v) is 10.1. The number of fused-ring (bicyclic) bond motifs is 5. The van der Waals surface area contributed by atoms with E-state index in [4.69, 9.17) is 4.74 Å². The summed E-state index contributed by atoms with van der Waals surface area (Å²) in [6.45, 7) is 2.54. The minimum atomic E-state index is -5.52. The molecule has 4 rings (SSSR count). The van der Waals surface area contributed by atoms with E-state index in [1.807, 2.05) is 6.07 Å². The van der Waals surface area contributed by atoms with Crippen LogP contribution in [0.1, 0.15) is 75.3 Å². The summed E-state index contributed by atoms with van der Waals surface area (Å²) in [5.74, 6) is -1.90. The fourth-order valence-corrected chi connectivity index (χ4v) is 6.28. The first kappa shape index (κ1) is 24.2. The van der Waals surface area contributed by atoms with Crippen molar-refractivity contribution in [1.82, 2.24) is 0 Å². The van der Waals surface area contributed by atoms with Crippen molar-refractivity contribution in [2.75, 3.05) is 6.61 Å². The van der Waals surface area contributed by atoms with E-state index in [1.165, 1.54) is 17.2 Å². The van der Waals surface area contributed by atoms with Crippen LogP contribution in [0.5, 0.6) is 5.75 Å². The Morgan fingerprint density at radius 2 is 1.88 bits per heavy atom. The first-order valence-electron chi connectivity index (χ1n) is 11.9. The van der Waals surface area contributed by atoms with Crippen molar-refractivity contribution in [3.8, 4) is 5.75 Å². The van der Waals surface area contributed by atoms with E-state index in [9.17, 15) is 26.7 Å². The summed E-state index contributed by atoms with van der Waals surface area (Å²) in [7, 11) is 0. The number of ketones is 1. The Hall–Kier alpha value is -1.92. The number of carbonyl (C=O) groups is 1. The van der Waals surface area contributed by atoms with Gasteiger partial charge < -0.3 is 4.74 Å². The van der Waals surface area contributed by atoms with Gasteiger partial charge in [0.1, 0.15) is 11.5 Å². The van der Waals surface area contributed by atoms with Crippen LogP contribution in [0.15, 0.2) is 30.4 Å². The van der Waals surface area contributed by atoms with E-state index in [-0.39, 0.29) is 5.41 Å². The normalized spacial score (nSPS) is 29.6. The van der Waals surface area contributed by atoms with Crippen LogP contribution in [0.4, 0.5) is 22.0 Å². The smallest absolute Gasteiger partial charge is 0.453 e. The molecule has 0 radical (unpaired) electrons. The van der Waals surface area contributed by atoms with Crippen LogP contribution in [-0.4, -0.2) is 24.5 Å². The lowest BCUT2D eigenvalue weighted by Gasteiger charge is -2.48. The lowest BCUT2D eigenvalue weighted by Crippen LogP contribution is -2.42. The molecule has 4 atom stereocenters. The number of alkyl halides is 5. The topological polar surface area (TPSA) is 26.3 Å². The molecule has 0 spiro atoms. The zero-order valence-corrected chi connectivity index (χ0v) is 18.9. The van der Waals surface area contributed by atoms with Gasteiger partial charge in [0.15, 0.2) is 0 Å². The Labute approximate surface area is 191 Å². The van der Waals surface area contributed by atoms with Crippen molar-refractivity contribution < 1.29 is 31.5 Å². The van der Waals surface area contributed by atoms with Gasteiger partial charge >= 0.3 is 12.1 Å². The predicted octanol–water partition coefficient (Wildman–Crippen LogP) is 7.41. The molecule has 0 N–H and O–H groups in total. The highest BCUT2D eigenvalue weighted by atomic mass is 19.4. The summed E-state index contributed by atoms with van der Waals surface area (Å²) >= 11 is 0. The van der Waals surface area contributed by atoms with Crippen LogP contribution in [0.3, 0.4) is 0 Å². The van der Waals surface area contributed by atoms with Crippen molar-refractivity contribution in [2.45, 2.75) is 82.7 Å². The number of unbranched alkanes of at least 4 members (excludes halogenated alkanes) is 1. The van der Waals surface area contributed by atoms with Gasteiger partial charge in [0.25, 0.3) is 0 Å². The molecule has 0 unspecified atom stereocenters. The molecule has 0 bridgehead atoms. The van der Waals surface area contributed by atoms with Crippen LogP contribution in [0.25, 0.3) is 0 Å². The van der Waals surface area contributed by atoms with Crippen molar-refractivity contribution in [3.05, 3.63) is 41.5 Å². The van der Waals surface area contributed by atoms with Gasteiger partial charge in [-0.1, -0.05) is 25.1 Å². The van der Waals surface area contributed by atoms with Crippen LogP contribution in [-0.2, 0) is 11.2 Å². The second kappa shape index (κ2) is 9.03. The van der Waals surface area contributed by atoms with Crippen LogP contribution in [0, 0.1) is 17.3 Å². The molecule has 0 heterocycles. The summed E-state index contributed by atoms with van der Waals surface area (Å²) in [5.41, 5.74) is 2.56. The molecular weight excluding hydrogens is 439 g/mol. The summed E-state index contributed by atoms with van der Waals surface area (Å²) in [6.07, 6.45) is 2.14. The van der Waals surface area contributed by atoms with Gasteiger partial charge in [-0.15, -0.1) is 0 Å². The number of aryl methyl sites for hydroxylation is 1. The molecule has 0 amide bonds. The van der Waals surface area contributed by atoms with Gasteiger partial charge in [0, 0.05) is 18.3 Å². The van der Waals surface area contributed by atoms with Crippen molar-refractivity contribution in [2.24, 2.45) is 17.3 Å². The summed E-state index contributed by atoms with van der Waals surface area (Å²) in [6, 6.07) is 6.20. The predicted molar refractivity (Wildman–Crippen MR) is 116 cm³/mol. The number of rotatable bonds is 7. The Morgan fingerprint density at radius 3 is 2.64 bits per heavy atom. The van der Waals surface area contributed by atoms with Crippen molar-refractivity contribution >= 4 is 5.78 Å². The Morgan fingerprint density at radius 1 is 1.09 bits per heavy atom. The quantitative estimate of drug-likeness (QED) is 0.236. The number of allylic oxidation sites excluding steroid dienone is 2. The van der Waals surface area contributed by atoms with Gasteiger partial charge in [0.05, 0.1) is 6.61 Å². The van der Waals surface area contributed by atoms with Gasteiger partial charge in [0.2, 0.25) is 0 Å². The summed E-state index contributed by atoms with van der Waals surface area (Å²) < 4.78 is 67.9. The minimum Gasteiger partial charge on any atom is -0.494 e. The zero-order valence-electron chi connectivity index (χ0n) is 18.9. The van der Waals surface area contributed by atoms with Crippen LogP contribution < -0.4 is 4.74 Å². The number of carbonyl (C=O) groups excluding carboxylic acids is 1. The maximum Gasteiger partial charge on any atom is 0.453 e. The largest absolute Gasteiger partial charge is 0.494 e. The highest BCUT2D eigenvalue weighted by molar-refractivity contribution is 5.87. The molecule has 0 saturated heterocycles. The van der Waals surface area contributed by atoms with Crippen molar-refractivity contribution in [3.63, 3.8) is 0 Å². The molecule has 1 aromatic carbocycles. The van der Waals surface area contributed by atoms with E-state index >= 15 is 0 Å². The number of hydrogen-bond acceptors (Lipinski definition) is 2. The van der Waals surface area contributed by atoms with Gasteiger partial charge in [-0.05, 0) is 86.0 Å². The molecule has 182 valence electrons. The average molecular weight is 471 g/mol. The number of ether oxygens (including phenoxy) is 1. The zero-order chi connectivity index (χ0) is 23.9. The third kappa shape index (κ3) is 4.69. The number of halogens is 5. The first-order chi connectivity index (χ1) is 15.5. The van der Waals surface area contributed by atoms with Crippen molar-refractivity contribution in [1.29, 1.82) is 0 Å². The molecule has 0 aromatic heterocycles. The fraction of sp³-hybridized carbons (Fsp3) is 0.654. The van der Waals surface area contributed by atoms with Gasteiger partial charge in [-0.3, -0.25) is 4.79 Å². The van der Waals surface area contributed by atoms with E-state index in [0.717, 1.165) is 50.4 Å². The Kier molecular flexibility index (Phi) is 6.62. The highest BCUT2D eigenvalue weighted by Crippen LogP contribution is 2.59. The van der Waals surface area contributed by atoms with Gasteiger partial charge in [-0.25, -0.2) is 0 Å². The average Bonchev–Trinajstić information content (AvgIpc) is 3.06. The lowest BCUT2D eigenvalue weighted by molar-refractivity contribution is -0.280. The minimum absolute atomic E-state index is 0.126. The maximum absolute atomic E-state index is 12.9. The molecule has 1 aromatic rings. The number of Topliss-reactive ketones (excluding diaryl/α,β-unsaturated/α-hetero) is 1. The molecule has 7 heteroatoms. The fourth-order valence-electron chi connectivity index (χ4n) is 6.28. The van der Waals surface area contributed by atoms with Crippen LogP contribution in [0.2, 0.25) is 0 Å². The monoisotopic (exact) mass is 470 g/mol. The molecule has 0 aliphatic heterocycles. The molecule has 3 aliphatic carbocycles. The summed E-state index contributed by atoms with van der Waals surface area (Å²) in [4.78, 5) is 12.5. The first-order valence-corrected chi connectivity index (χ1v) is 11.9. The molecule has 3 aliphatic rings. The van der Waals surface area contributed by atoms with Crippen LogP contribution >= 0.6 is 0 Å². The van der Waals surface area contributed by atoms with E-state index in [0.29, 0.717) is 43.0 Å². The number of hydrogen-bond donors (Lipinski definition) is 0. The van der Waals surface area contributed by atoms with E-state index in [1.54, 1.807) is 0 Å².